The van der Waals surface area contributed by atoms with Gasteiger partial charge in [0, 0.05) is 26.2 Å². The fraction of sp³-hybridized carbons (Fsp3) is 0.556. The Labute approximate surface area is 152 Å². The molecule has 0 spiro atoms. The lowest BCUT2D eigenvalue weighted by Crippen LogP contribution is -2.47. The van der Waals surface area contributed by atoms with Crippen LogP contribution in [0, 0.1) is 0 Å². The summed E-state index contributed by atoms with van der Waals surface area (Å²) in [5, 5.41) is 5.40. The number of nitrogens with one attached hydrogen (secondary N) is 1. The Bertz CT molecular complexity index is 660. The molecule has 3 rings (SSSR count). The molecule has 2 aromatic rings. The van der Waals surface area contributed by atoms with E-state index < -0.39 is 0 Å². The molecule has 136 valence electrons. The number of oxazole rings is 1. The highest BCUT2D eigenvalue weighted by Crippen LogP contribution is 2.23. The van der Waals surface area contributed by atoms with Gasteiger partial charge in [-0.3, -0.25) is 0 Å². The van der Waals surface area contributed by atoms with Gasteiger partial charge >= 0.3 is 0 Å². The second-order valence-corrected chi connectivity index (χ2v) is 6.88. The van der Waals surface area contributed by atoms with Gasteiger partial charge < -0.3 is 19.4 Å². The van der Waals surface area contributed by atoms with Gasteiger partial charge in [0.05, 0.1) is 17.5 Å². The molecule has 6 nitrogen and oxygen atoms in total. The van der Waals surface area contributed by atoms with Crippen LogP contribution in [0.2, 0.25) is 0 Å². The summed E-state index contributed by atoms with van der Waals surface area (Å²) in [6, 6.07) is 4.01. The maximum atomic E-state index is 5.73. The first-order chi connectivity index (χ1) is 12.3. The minimum Gasteiger partial charge on any atom is -0.443 e. The summed E-state index contributed by atoms with van der Waals surface area (Å²) >= 11 is 1.62. The number of rotatable bonds is 6. The van der Waals surface area contributed by atoms with Crippen LogP contribution >= 0.6 is 11.3 Å². The average Bonchev–Trinajstić information content (AvgIpc) is 3.31. The highest BCUT2D eigenvalue weighted by Gasteiger charge is 2.21. The molecule has 1 aliphatic heterocycles. The van der Waals surface area contributed by atoms with E-state index in [0.29, 0.717) is 18.5 Å². The SMILES string of the molecule is CCNC(=NCc1coc(-c2cccs2)n1)N1CCC(OCC)CC1. The molecule has 0 unspecified atom stereocenters. The number of piperidine rings is 1. The number of hydrogen-bond donors (Lipinski definition) is 1. The molecule has 25 heavy (non-hydrogen) atoms. The Morgan fingerprint density at radius 1 is 1.44 bits per heavy atom. The van der Waals surface area contributed by atoms with Crippen LogP contribution in [-0.4, -0.2) is 48.2 Å². The van der Waals surface area contributed by atoms with Crippen molar-refractivity contribution in [2.75, 3.05) is 26.2 Å². The molecule has 2 aromatic heterocycles. The lowest BCUT2D eigenvalue weighted by atomic mass is 10.1. The van der Waals surface area contributed by atoms with Crippen molar-refractivity contribution in [3.63, 3.8) is 0 Å². The van der Waals surface area contributed by atoms with E-state index in [-0.39, 0.29) is 0 Å². The number of thiophene rings is 1. The summed E-state index contributed by atoms with van der Waals surface area (Å²) in [6.07, 6.45) is 4.17. The third kappa shape index (κ3) is 4.83. The smallest absolute Gasteiger partial charge is 0.236 e. The van der Waals surface area contributed by atoms with Gasteiger partial charge in [-0.1, -0.05) is 6.07 Å². The second-order valence-electron chi connectivity index (χ2n) is 5.93. The third-order valence-corrected chi connectivity index (χ3v) is 5.01. The number of ether oxygens (including phenoxy) is 1. The monoisotopic (exact) mass is 362 g/mol. The molecule has 0 amide bonds. The molecule has 0 atom stereocenters. The summed E-state index contributed by atoms with van der Waals surface area (Å²) in [6.45, 7) is 8.24. The van der Waals surface area contributed by atoms with Crippen molar-refractivity contribution in [3.8, 4) is 10.8 Å². The molecule has 7 heteroatoms. The molecule has 1 saturated heterocycles. The number of aliphatic imine (C=N–C) groups is 1. The lowest BCUT2D eigenvalue weighted by molar-refractivity contribution is 0.0263. The lowest BCUT2D eigenvalue weighted by Gasteiger charge is -2.34. The van der Waals surface area contributed by atoms with Crippen LogP contribution in [0.15, 0.2) is 33.2 Å². The van der Waals surface area contributed by atoms with E-state index in [1.807, 2.05) is 17.5 Å². The maximum absolute atomic E-state index is 5.73. The topological polar surface area (TPSA) is 62.9 Å². The molecule has 0 aliphatic carbocycles. The van der Waals surface area contributed by atoms with Crippen LogP contribution in [0.25, 0.3) is 10.8 Å². The van der Waals surface area contributed by atoms with Gasteiger partial charge in [0.25, 0.3) is 0 Å². The molecule has 1 fully saturated rings. The predicted octanol–water partition coefficient (Wildman–Crippen LogP) is 3.37. The molecular formula is C18H26N4O2S. The summed E-state index contributed by atoms with van der Waals surface area (Å²) in [4.78, 5) is 12.6. The number of likely N-dealkylation sites (tertiary alicyclic amines) is 1. The average molecular weight is 362 g/mol. The van der Waals surface area contributed by atoms with E-state index in [2.05, 4.69) is 29.0 Å². The quantitative estimate of drug-likeness (QED) is 0.630. The molecule has 3 heterocycles. The minimum atomic E-state index is 0.382. The fourth-order valence-electron chi connectivity index (χ4n) is 2.94. The standard InChI is InChI=1S/C18H26N4O2S/c1-3-19-18(22-9-7-15(8-10-22)23-4-2)20-12-14-13-24-17(21-14)16-6-5-11-25-16/h5-6,11,13,15H,3-4,7-10,12H2,1-2H3,(H,19,20). The molecular weight excluding hydrogens is 336 g/mol. The van der Waals surface area contributed by atoms with E-state index in [4.69, 9.17) is 14.1 Å². The summed E-state index contributed by atoms with van der Waals surface area (Å²) in [7, 11) is 0. The van der Waals surface area contributed by atoms with Gasteiger partial charge in [-0.15, -0.1) is 11.3 Å². The van der Waals surface area contributed by atoms with Crippen LogP contribution in [0.1, 0.15) is 32.4 Å². The molecule has 1 aliphatic rings. The van der Waals surface area contributed by atoms with Crippen LogP contribution < -0.4 is 5.32 Å². The first-order valence-electron chi connectivity index (χ1n) is 8.93. The highest BCUT2D eigenvalue weighted by atomic mass is 32.1. The summed E-state index contributed by atoms with van der Waals surface area (Å²) in [5.74, 6) is 1.61. The Balaban J connectivity index is 1.61. The predicted molar refractivity (Wildman–Crippen MR) is 101 cm³/mol. The number of guanidine groups is 1. The van der Waals surface area contributed by atoms with E-state index in [9.17, 15) is 0 Å². The highest BCUT2D eigenvalue weighted by molar-refractivity contribution is 7.13. The van der Waals surface area contributed by atoms with Crippen LogP contribution in [0.5, 0.6) is 0 Å². The molecule has 0 saturated carbocycles. The maximum Gasteiger partial charge on any atom is 0.236 e. The van der Waals surface area contributed by atoms with Crippen molar-refractivity contribution in [2.24, 2.45) is 4.99 Å². The summed E-state index contributed by atoms with van der Waals surface area (Å²) < 4.78 is 11.3. The van der Waals surface area contributed by atoms with Crippen molar-refractivity contribution in [1.82, 2.24) is 15.2 Å². The van der Waals surface area contributed by atoms with Crippen molar-refractivity contribution >= 4 is 17.3 Å². The Hall–Kier alpha value is -1.86. The fourth-order valence-corrected chi connectivity index (χ4v) is 3.60. The van der Waals surface area contributed by atoms with Crippen molar-refractivity contribution in [2.45, 2.75) is 39.3 Å². The normalized spacial score (nSPS) is 16.4. The van der Waals surface area contributed by atoms with Gasteiger partial charge in [-0.05, 0) is 38.1 Å². The van der Waals surface area contributed by atoms with Gasteiger partial charge in [-0.2, -0.15) is 0 Å². The Morgan fingerprint density at radius 2 is 2.28 bits per heavy atom. The van der Waals surface area contributed by atoms with Crippen LogP contribution in [0.3, 0.4) is 0 Å². The first kappa shape index (κ1) is 17.9. The molecule has 0 radical (unpaired) electrons. The van der Waals surface area contributed by atoms with Crippen molar-refractivity contribution < 1.29 is 9.15 Å². The minimum absolute atomic E-state index is 0.382. The van der Waals surface area contributed by atoms with Crippen LogP contribution in [0.4, 0.5) is 0 Å². The van der Waals surface area contributed by atoms with Gasteiger partial charge in [0.1, 0.15) is 12.0 Å². The largest absolute Gasteiger partial charge is 0.443 e. The zero-order chi connectivity index (χ0) is 17.5. The van der Waals surface area contributed by atoms with Crippen molar-refractivity contribution in [3.05, 3.63) is 29.5 Å². The van der Waals surface area contributed by atoms with Gasteiger partial charge in [0.2, 0.25) is 5.89 Å². The van der Waals surface area contributed by atoms with Gasteiger partial charge in [0.15, 0.2) is 5.96 Å². The Kier molecular flexibility index (Phi) is 6.47. The van der Waals surface area contributed by atoms with Gasteiger partial charge in [-0.25, -0.2) is 9.98 Å². The van der Waals surface area contributed by atoms with E-state index in [1.54, 1.807) is 17.6 Å². The zero-order valence-electron chi connectivity index (χ0n) is 14.9. The second kappa shape index (κ2) is 9.01. The van der Waals surface area contributed by atoms with Crippen LogP contribution in [-0.2, 0) is 11.3 Å². The molecule has 0 bridgehead atoms. The Morgan fingerprint density at radius 3 is 2.96 bits per heavy atom. The number of aromatic nitrogens is 1. The number of hydrogen-bond acceptors (Lipinski definition) is 5. The van der Waals surface area contributed by atoms with E-state index in [1.165, 1.54) is 0 Å². The van der Waals surface area contributed by atoms with Crippen molar-refractivity contribution in [1.29, 1.82) is 0 Å². The van der Waals surface area contributed by atoms with E-state index in [0.717, 1.165) is 55.6 Å². The van der Waals surface area contributed by atoms with E-state index >= 15 is 0 Å². The summed E-state index contributed by atoms with van der Waals surface area (Å²) in [5.41, 5.74) is 0.850. The first-order valence-corrected chi connectivity index (χ1v) is 9.81. The molecule has 0 aromatic carbocycles. The molecule has 1 N–H and O–H groups in total. The zero-order valence-corrected chi connectivity index (χ0v) is 15.7. The third-order valence-electron chi connectivity index (χ3n) is 4.15. The number of nitrogens with zero attached hydrogens (tertiary/aromatic N) is 3.